The van der Waals surface area contributed by atoms with Gasteiger partial charge in [0.05, 0.1) is 13.1 Å². The molecule has 0 spiro atoms. The Morgan fingerprint density at radius 3 is 2.59 bits per heavy atom. The van der Waals surface area contributed by atoms with Crippen molar-refractivity contribution >= 4 is 29.1 Å². The van der Waals surface area contributed by atoms with E-state index in [9.17, 15) is 4.79 Å². The standard InChI is InChI=1S/C20H28Cl2N4O/c1-15(2)11-20(27)26(10-9-24(3)4)14-19-23-7-8-25(19)13-16-5-6-17(21)12-18(16)22/h5-8,12,15H,9-11,13-14H2,1-4H3. The lowest BCUT2D eigenvalue weighted by molar-refractivity contribution is -0.132. The zero-order chi connectivity index (χ0) is 20.0. The van der Waals surface area contributed by atoms with Crippen LogP contribution < -0.4 is 0 Å². The number of aromatic nitrogens is 2. The Morgan fingerprint density at radius 2 is 1.96 bits per heavy atom. The van der Waals surface area contributed by atoms with Crippen LogP contribution in [0.1, 0.15) is 31.7 Å². The summed E-state index contributed by atoms with van der Waals surface area (Å²) in [6, 6.07) is 5.49. The lowest BCUT2D eigenvalue weighted by atomic mass is 10.1. The first-order valence-electron chi connectivity index (χ1n) is 9.12. The van der Waals surface area contributed by atoms with Crippen molar-refractivity contribution in [1.29, 1.82) is 0 Å². The summed E-state index contributed by atoms with van der Waals surface area (Å²) in [7, 11) is 4.02. The van der Waals surface area contributed by atoms with Gasteiger partial charge in [-0.05, 0) is 37.7 Å². The number of benzene rings is 1. The number of carbonyl (C=O) groups excluding carboxylic acids is 1. The summed E-state index contributed by atoms with van der Waals surface area (Å²) in [6.07, 6.45) is 4.21. The fraction of sp³-hybridized carbons (Fsp3) is 0.500. The molecule has 0 saturated carbocycles. The number of nitrogens with zero attached hydrogens (tertiary/aromatic N) is 4. The van der Waals surface area contributed by atoms with Crippen LogP contribution in [0.15, 0.2) is 30.6 Å². The summed E-state index contributed by atoms with van der Waals surface area (Å²) in [5, 5.41) is 1.24. The van der Waals surface area contributed by atoms with Gasteiger partial charge >= 0.3 is 0 Å². The van der Waals surface area contributed by atoms with E-state index in [1.165, 1.54) is 0 Å². The minimum absolute atomic E-state index is 0.158. The second-order valence-electron chi connectivity index (χ2n) is 7.42. The van der Waals surface area contributed by atoms with E-state index in [4.69, 9.17) is 23.2 Å². The number of carbonyl (C=O) groups is 1. The zero-order valence-corrected chi connectivity index (χ0v) is 18.0. The maximum absolute atomic E-state index is 12.7. The third kappa shape index (κ3) is 6.83. The molecule has 0 saturated heterocycles. The van der Waals surface area contributed by atoms with Crippen LogP contribution in [0, 0.1) is 5.92 Å². The van der Waals surface area contributed by atoms with Gasteiger partial charge in [-0.25, -0.2) is 4.98 Å². The maximum atomic E-state index is 12.7. The number of hydrogen-bond acceptors (Lipinski definition) is 3. The van der Waals surface area contributed by atoms with Crippen molar-refractivity contribution in [1.82, 2.24) is 19.4 Å². The lowest BCUT2D eigenvalue weighted by Gasteiger charge is -2.25. The van der Waals surface area contributed by atoms with Gasteiger partial charge in [0, 0.05) is 41.9 Å². The molecule has 0 fully saturated rings. The van der Waals surface area contributed by atoms with Crippen LogP contribution in [-0.2, 0) is 17.9 Å². The topological polar surface area (TPSA) is 41.4 Å². The molecule has 27 heavy (non-hydrogen) atoms. The summed E-state index contributed by atoms with van der Waals surface area (Å²) in [4.78, 5) is 21.1. The highest BCUT2D eigenvalue weighted by atomic mass is 35.5. The van der Waals surface area contributed by atoms with Crippen molar-refractivity contribution in [2.24, 2.45) is 5.92 Å². The first kappa shape index (κ1) is 21.7. The maximum Gasteiger partial charge on any atom is 0.223 e. The van der Waals surface area contributed by atoms with Gasteiger partial charge in [0.15, 0.2) is 0 Å². The van der Waals surface area contributed by atoms with Crippen molar-refractivity contribution in [2.45, 2.75) is 33.4 Å². The second-order valence-corrected chi connectivity index (χ2v) is 8.27. The van der Waals surface area contributed by atoms with Crippen LogP contribution in [-0.4, -0.2) is 52.4 Å². The highest BCUT2D eigenvalue weighted by Gasteiger charge is 2.18. The predicted molar refractivity (Wildman–Crippen MR) is 111 cm³/mol. The summed E-state index contributed by atoms with van der Waals surface area (Å²) in [5.41, 5.74) is 0.966. The molecule has 0 N–H and O–H groups in total. The zero-order valence-electron chi connectivity index (χ0n) is 16.5. The van der Waals surface area contributed by atoms with Gasteiger partial charge in [0.2, 0.25) is 5.91 Å². The Hall–Kier alpha value is -1.56. The second kappa shape index (κ2) is 10.1. The van der Waals surface area contributed by atoms with Crippen LogP contribution in [0.4, 0.5) is 0 Å². The molecule has 1 aromatic carbocycles. The van der Waals surface area contributed by atoms with Crippen LogP contribution >= 0.6 is 23.2 Å². The van der Waals surface area contributed by atoms with E-state index in [2.05, 4.69) is 23.7 Å². The first-order chi connectivity index (χ1) is 12.8. The molecule has 0 aliphatic rings. The largest absolute Gasteiger partial charge is 0.334 e. The fourth-order valence-corrected chi connectivity index (χ4v) is 3.20. The molecule has 0 aliphatic heterocycles. The van der Waals surface area contributed by atoms with E-state index >= 15 is 0 Å². The number of rotatable bonds is 9. The Kier molecular flexibility index (Phi) is 8.14. The summed E-state index contributed by atoms with van der Waals surface area (Å²) >= 11 is 12.3. The van der Waals surface area contributed by atoms with Crippen molar-refractivity contribution in [3.8, 4) is 0 Å². The van der Waals surface area contributed by atoms with Crippen molar-refractivity contribution in [3.63, 3.8) is 0 Å². The summed E-state index contributed by atoms with van der Waals surface area (Å²) in [5.74, 6) is 1.33. The monoisotopic (exact) mass is 410 g/mol. The van der Waals surface area contributed by atoms with Gasteiger partial charge in [-0.15, -0.1) is 0 Å². The van der Waals surface area contributed by atoms with Gasteiger partial charge < -0.3 is 14.4 Å². The van der Waals surface area contributed by atoms with Gasteiger partial charge in [0.25, 0.3) is 0 Å². The molecule has 148 valence electrons. The van der Waals surface area contributed by atoms with Gasteiger partial charge in [0.1, 0.15) is 5.82 Å². The minimum atomic E-state index is 0.158. The SMILES string of the molecule is CC(C)CC(=O)N(CCN(C)C)Cc1nccn1Cc1ccc(Cl)cc1Cl. The molecule has 0 aliphatic carbocycles. The normalized spacial score (nSPS) is 11.4. The average Bonchev–Trinajstić information content (AvgIpc) is 3.00. The molecular weight excluding hydrogens is 383 g/mol. The molecular formula is C20H28Cl2N4O. The molecule has 0 bridgehead atoms. The number of amides is 1. The van der Waals surface area contributed by atoms with Crippen LogP contribution in [0.2, 0.25) is 10.0 Å². The van der Waals surface area contributed by atoms with E-state index in [1.54, 1.807) is 12.3 Å². The number of hydrogen-bond donors (Lipinski definition) is 0. The number of imidazole rings is 1. The van der Waals surface area contributed by atoms with E-state index in [0.29, 0.717) is 42.0 Å². The van der Waals surface area contributed by atoms with Crippen molar-refractivity contribution in [2.75, 3.05) is 27.2 Å². The van der Waals surface area contributed by atoms with E-state index in [-0.39, 0.29) is 5.91 Å². The third-order valence-electron chi connectivity index (χ3n) is 4.24. The van der Waals surface area contributed by atoms with Gasteiger partial charge in [-0.1, -0.05) is 43.1 Å². The van der Waals surface area contributed by atoms with E-state index in [0.717, 1.165) is 17.9 Å². The van der Waals surface area contributed by atoms with Crippen LogP contribution in [0.25, 0.3) is 0 Å². The predicted octanol–water partition coefficient (Wildman–Crippen LogP) is 4.17. The van der Waals surface area contributed by atoms with Crippen molar-refractivity contribution in [3.05, 3.63) is 52.0 Å². The average molecular weight is 411 g/mol. The Morgan fingerprint density at radius 1 is 1.22 bits per heavy atom. The quantitative estimate of drug-likeness (QED) is 0.622. The first-order valence-corrected chi connectivity index (χ1v) is 9.88. The Balaban J connectivity index is 2.15. The van der Waals surface area contributed by atoms with Gasteiger partial charge in [-0.2, -0.15) is 0 Å². The smallest absolute Gasteiger partial charge is 0.223 e. The van der Waals surface area contributed by atoms with Crippen LogP contribution in [0.3, 0.4) is 0 Å². The molecule has 1 heterocycles. The third-order valence-corrected chi connectivity index (χ3v) is 4.83. The highest BCUT2D eigenvalue weighted by molar-refractivity contribution is 6.35. The number of halogens is 2. The molecule has 2 rings (SSSR count). The Bertz CT molecular complexity index is 758. The lowest BCUT2D eigenvalue weighted by Crippen LogP contribution is -2.37. The Labute approximate surface area is 171 Å². The van der Waals surface area contributed by atoms with Crippen molar-refractivity contribution < 1.29 is 4.79 Å². The molecule has 1 aromatic heterocycles. The van der Waals surface area contributed by atoms with Crippen LogP contribution in [0.5, 0.6) is 0 Å². The molecule has 2 aromatic rings. The molecule has 0 radical (unpaired) electrons. The molecule has 5 nitrogen and oxygen atoms in total. The molecule has 7 heteroatoms. The fourth-order valence-electron chi connectivity index (χ4n) is 2.73. The summed E-state index contributed by atoms with van der Waals surface area (Å²) < 4.78 is 2.03. The summed E-state index contributed by atoms with van der Waals surface area (Å²) in [6.45, 7) is 6.68. The van der Waals surface area contributed by atoms with E-state index < -0.39 is 0 Å². The molecule has 0 unspecified atom stereocenters. The molecule has 0 atom stereocenters. The number of likely N-dealkylation sites (N-methyl/N-ethyl adjacent to an activating group) is 1. The minimum Gasteiger partial charge on any atom is -0.334 e. The van der Waals surface area contributed by atoms with Gasteiger partial charge in [-0.3, -0.25) is 4.79 Å². The highest BCUT2D eigenvalue weighted by Crippen LogP contribution is 2.22. The molecule has 1 amide bonds. The van der Waals surface area contributed by atoms with E-state index in [1.807, 2.05) is 41.9 Å².